The average Bonchev–Trinajstić information content (AvgIpc) is 4.19. The number of aromatic nitrogens is 1. The molecule has 1 unspecified atom stereocenters. The monoisotopic (exact) mass is 1010 g/mol. The van der Waals surface area contributed by atoms with Gasteiger partial charge in [-0.05, 0) is 123 Å². The lowest BCUT2D eigenvalue weighted by atomic mass is 9.93. The predicted octanol–water partition coefficient (Wildman–Crippen LogP) is 5.00. The molecule has 5 aliphatic rings. The minimum Gasteiger partial charge on any atom is -0.496 e. The number of carbonyl (C=O) groups excluding carboxylic acids is 8. The lowest BCUT2D eigenvalue weighted by Gasteiger charge is -2.38. The number of ether oxygens (including phenoxy) is 2. The topological polar surface area (TPSA) is 229 Å². The van der Waals surface area contributed by atoms with Crippen LogP contribution in [0.3, 0.4) is 0 Å². The summed E-state index contributed by atoms with van der Waals surface area (Å²) in [5.41, 5.74) is 2.28. The van der Waals surface area contributed by atoms with E-state index in [1.165, 1.54) is 24.3 Å². The summed E-state index contributed by atoms with van der Waals surface area (Å²) in [6.45, 7) is 4.06. The summed E-state index contributed by atoms with van der Waals surface area (Å²) in [5.74, 6) is -1.88. The van der Waals surface area contributed by atoms with Crippen LogP contribution in [0.1, 0.15) is 71.2 Å². The summed E-state index contributed by atoms with van der Waals surface area (Å²) in [6, 6.07) is 21.6. The highest BCUT2D eigenvalue weighted by molar-refractivity contribution is 6.24. The number of rotatable bonds is 15. The largest absolute Gasteiger partial charge is 0.496 e. The second kappa shape index (κ2) is 20.7. The number of benzene rings is 4. The number of nitrogens with zero attached hydrogens (tertiary/aromatic N) is 5. The number of piperazine rings is 1. The van der Waals surface area contributed by atoms with E-state index in [0.29, 0.717) is 111 Å². The molecule has 4 N–H and O–H groups in total. The lowest BCUT2D eigenvalue weighted by molar-refractivity contribution is -0.137. The normalized spacial score (nSPS) is 18.7. The van der Waals surface area contributed by atoms with Crippen LogP contribution in [0.2, 0.25) is 0 Å². The maximum atomic E-state index is 13.4. The fourth-order valence-corrected chi connectivity index (χ4v) is 10.1. The van der Waals surface area contributed by atoms with Gasteiger partial charge in [-0.1, -0.05) is 0 Å². The molecule has 382 valence electrons. The van der Waals surface area contributed by atoms with E-state index in [4.69, 9.17) is 9.47 Å². The number of fused-ring (bicyclic) bond motifs is 2. The van der Waals surface area contributed by atoms with E-state index >= 15 is 0 Å². The van der Waals surface area contributed by atoms with Crippen LogP contribution in [0.4, 0.5) is 21.5 Å². The smallest absolute Gasteiger partial charge is 0.262 e. The van der Waals surface area contributed by atoms with Crippen LogP contribution < -0.4 is 35.6 Å². The molecule has 4 aromatic carbocycles. The Labute approximate surface area is 424 Å². The first-order valence-corrected chi connectivity index (χ1v) is 24.7. The van der Waals surface area contributed by atoms with Crippen molar-refractivity contribution >= 4 is 75.2 Å². The Morgan fingerprint density at radius 3 is 2.11 bits per heavy atom. The number of methoxy groups -OCH3 is 1. The number of likely N-dealkylation sites (tertiary alicyclic amines) is 1. The molecule has 5 aromatic rings. The number of carbonyl (C=O) groups is 8. The van der Waals surface area contributed by atoms with E-state index < -0.39 is 52.7 Å². The molecule has 8 amide bonds. The minimum atomic E-state index is -1.20. The van der Waals surface area contributed by atoms with E-state index in [-0.39, 0.29) is 54.8 Å². The number of hydrogen-bond donors (Lipinski definition) is 4. The molecule has 19 nitrogen and oxygen atoms in total. The third-order valence-corrected chi connectivity index (χ3v) is 14.6. The molecule has 20 heteroatoms. The zero-order chi connectivity index (χ0) is 51.7. The second-order valence-electron chi connectivity index (χ2n) is 19.4. The van der Waals surface area contributed by atoms with E-state index in [0.717, 1.165) is 16.2 Å². The molecule has 1 atom stereocenters. The quantitative estimate of drug-likeness (QED) is 0.0801. The van der Waals surface area contributed by atoms with Gasteiger partial charge in [0.2, 0.25) is 35.4 Å². The molecule has 4 fully saturated rings. The van der Waals surface area contributed by atoms with Gasteiger partial charge in [-0.2, -0.15) is 0 Å². The maximum absolute atomic E-state index is 13.4. The highest BCUT2D eigenvalue weighted by atomic mass is 19.1. The van der Waals surface area contributed by atoms with Crippen LogP contribution in [0.25, 0.3) is 10.9 Å². The van der Waals surface area contributed by atoms with Crippen LogP contribution in [0, 0.1) is 17.2 Å². The number of piperidine rings is 2. The molecule has 5 heterocycles. The Kier molecular flexibility index (Phi) is 13.8. The Balaban J connectivity index is 0.658. The summed E-state index contributed by atoms with van der Waals surface area (Å²) in [7, 11) is 1.55. The van der Waals surface area contributed by atoms with Gasteiger partial charge in [0.15, 0.2) is 0 Å². The van der Waals surface area contributed by atoms with E-state index in [1.54, 1.807) is 61.8 Å². The van der Waals surface area contributed by atoms with Gasteiger partial charge in [-0.15, -0.1) is 0 Å². The van der Waals surface area contributed by atoms with Gasteiger partial charge < -0.3 is 35.2 Å². The first-order valence-electron chi connectivity index (χ1n) is 24.7. The molecule has 3 saturated heterocycles. The zero-order valence-electron chi connectivity index (χ0n) is 40.6. The SMILES string of the molecule is COc1cc2c(Oc3ccc(NC(=O)C4(C(=O)Nc5ccc(F)cc5)CC4)cc3)ccnc2cc1CNC(=O)CC1CCN(C(=O)CN2CCN(c3ccc4c(c3)C(=O)N(C3CCC(=O)NC3=O)C4=O)CC2)CC1. The maximum Gasteiger partial charge on any atom is 0.262 e. The summed E-state index contributed by atoms with van der Waals surface area (Å²) in [5, 5.41) is 11.5. The van der Waals surface area contributed by atoms with Gasteiger partial charge in [-0.3, -0.25) is 58.5 Å². The molecule has 0 bridgehead atoms. The molecule has 0 radical (unpaired) electrons. The van der Waals surface area contributed by atoms with Crippen molar-refractivity contribution in [3.05, 3.63) is 114 Å². The minimum absolute atomic E-state index is 0.0394. The van der Waals surface area contributed by atoms with Crippen molar-refractivity contribution in [2.45, 2.75) is 57.5 Å². The number of hydrogen-bond acceptors (Lipinski definition) is 13. The number of imide groups is 2. The fraction of sp³-hybridized carbons (Fsp3) is 0.352. The predicted molar refractivity (Wildman–Crippen MR) is 268 cm³/mol. The average molecular weight is 1010 g/mol. The molecule has 1 aromatic heterocycles. The molecule has 10 rings (SSSR count). The molecule has 74 heavy (non-hydrogen) atoms. The van der Waals surface area contributed by atoms with Gasteiger partial charge in [-0.25, -0.2) is 4.39 Å². The number of nitrogens with one attached hydrogen (secondary N) is 4. The Morgan fingerprint density at radius 1 is 0.770 bits per heavy atom. The molecular formula is C54H54FN9O10. The van der Waals surface area contributed by atoms with E-state index in [2.05, 4.69) is 36.1 Å². The fourth-order valence-electron chi connectivity index (χ4n) is 10.1. The summed E-state index contributed by atoms with van der Waals surface area (Å²) in [6.07, 6.45) is 4.29. The standard InChI is InChI=1S/C54H54FN9O10/c1-73-45-29-41-42(56-19-14-44(41)74-38-9-6-36(7-10-38)59-53(72)54(17-18-54)52(71)58-35-4-2-34(55)3-5-35)27-33(45)30-57-47(66)26-32-15-20-63(21-16-32)48(67)31-61-22-24-62(25-23-61)37-8-11-39-40(28-37)51(70)64(50(39)69)43-12-13-46(65)60-49(43)68/h2-11,14,19,27-29,32,43H,12-13,15-18,20-26,30-31H2,1H3,(H,57,66)(H,58,71)(H,59,72)(H,60,65,68). The van der Waals surface area contributed by atoms with Crippen LogP contribution in [0.15, 0.2) is 91.1 Å². The van der Waals surface area contributed by atoms with Gasteiger partial charge >= 0.3 is 0 Å². The third-order valence-electron chi connectivity index (χ3n) is 14.6. The summed E-state index contributed by atoms with van der Waals surface area (Å²) in [4.78, 5) is 115. The number of pyridine rings is 1. The highest BCUT2D eigenvalue weighted by Crippen LogP contribution is 2.48. The number of amides is 8. The zero-order valence-corrected chi connectivity index (χ0v) is 40.6. The lowest BCUT2D eigenvalue weighted by Crippen LogP contribution is -2.54. The molecule has 0 spiro atoms. The summed E-state index contributed by atoms with van der Waals surface area (Å²) < 4.78 is 25.3. The molecular weight excluding hydrogens is 954 g/mol. The number of halogens is 1. The van der Waals surface area contributed by atoms with Crippen molar-refractivity contribution in [2.75, 3.05) is 68.5 Å². The third kappa shape index (κ3) is 10.3. The first-order chi connectivity index (χ1) is 35.7. The van der Waals surface area contributed by atoms with E-state index in [1.807, 2.05) is 17.0 Å². The van der Waals surface area contributed by atoms with Gasteiger partial charge in [0, 0.05) is 92.9 Å². The molecule has 4 aliphatic heterocycles. The van der Waals surface area contributed by atoms with E-state index in [9.17, 15) is 42.7 Å². The van der Waals surface area contributed by atoms with Crippen molar-refractivity contribution in [1.82, 2.24) is 30.3 Å². The van der Waals surface area contributed by atoms with Gasteiger partial charge in [0.1, 0.15) is 34.5 Å². The molecule has 1 saturated carbocycles. The van der Waals surface area contributed by atoms with Crippen molar-refractivity contribution < 1.29 is 52.2 Å². The van der Waals surface area contributed by atoms with Crippen LogP contribution in [-0.4, -0.2) is 126 Å². The van der Waals surface area contributed by atoms with Crippen molar-refractivity contribution in [2.24, 2.45) is 11.3 Å². The van der Waals surface area contributed by atoms with Crippen LogP contribution in [-0.2, 0) is 35.3 Å². The highest BCUT2D eigenvalue weighted by Gasteiger charge is 2.56. The van der Waals surface area contributed by atoms with Crippen molar-refractivity contribution in [1.29, 1.82) is 0 Å². The van der Waals surface area contributed by atoms with Crippen molar-refractivity contribution in [3.8, 4) is 17.2 Å². The van der Waals surface area contributed by atoms with Crippen molar-refractivity contribution in [3.63, 3.8) is 0 Å². The molecule has 1 aliphatic carbocycles. The van der Waals surface area contributed by atoms with Crippen LogP contribution >= 0.6 is 0 Å². The van der Waals surface area contributed by atoms with Gasteiger partial charge in [0.05, 0.1) is 30.3 Å². The second-order valence-corrected chi connectivity index (χ2v) is 19.4. The Bertz CT molecular complexity index is 3080. The Morgan fingerprint density at radius 2 is 1.45 bits per heavy atom. The number of anilines is 3. The van der Waals surface area contributed by atoms with Crippen LogP contribution in [0.5, 0.6) is 17.2 Å². The first kappa shape index (κ1) is 49.3. The summed E-state index contributed by atoms with van der Waals surface area (Å²) >= 11 is 0. The van der Waals surface area contributed by atoms with Gasteiger partial charge in [0.25, 0.3) is 11.8 Å². The Hall–Kier alpha value is -8.26.